The zero-order valence-electron chi connectivity index (χ0n) is 18.3. The normalized spacial score (nSPS) is 27.2. The molecule has 1 nitrogen and oxygen atoms in total. The van der Waals surface area contributed by atoms with Crippen LogP contribution in [0.1, 0.15) is 107 Å². The zero-order valence-corrected chi connectivity index (χ0v) is 18.3. The van der Waals surface area contributed by atoms with E-state index < -0.39 is 0 Å². The minimum atomic E-state index is -0.371. The van der Waals surface area contributed by atoms with Gasteiger partial charge in [0.2, 0.25) is 0 Å². The lowest BCUT2D eigenvalue weighted by Gasteiger charge is -2.32. The van der Waals surface area contributed by atoms with Crippen LogP contribution < -0.4 is 0 Å². The summed E-state index contributed by atoms with van der Waals surface area (Å²) in [6.45, 7) is 0. The molecule has 2 aliphatic rings. The lowest BCUT2D eigenvalue weighted by atomic mass is 9.74. The highest BCUT2D eigenvalue weighted by molar-refractivity contribution is 5.34. The zero-order chi connectivity index (χ0) is 21.2. The van der Waals surface area contributed by atoms with E-state index in [1.165, 1.54) is 64.2 Å². The van der Waals surface area contributed by atoms with Crippen molar-refractivity contribution >= 4 is 0 Å². The second-order valence-corrected chi connectivity index (χ2v) is 9.68. The Morgan fingerprint density at radius 3 is 2.03 bits per heavy atom. The molecule has 0 atom stereocenters. The van der Waals surface area contributed by atoms with Gasteiger partial charge in [-0.05, 0) is 79.9 Å². The highest BCUT2D eigenvalue weighted by atomic mass is 19.1. The summed E-state index contributed by atoms with van der Waals surface area (Å²) in [5, 5.41) is 8.90. The summed E-state index contributed by atoms with van der Waals surface area (Å²) >= 11 is 0. The Labute approximate surface area is 181 Å². The Morgan fingerprint density at radius 1 is 0.867 bits per heavy atom. The predicted octanol–water partition coefficient (Wildman–Crippen LogP) is 8.60. The van der Waals surface area contributed by atoms with Gasteiger partial charge in [0.1, 0.15) is 11.9 Å². The van der Waals surface area contributed by atoms with Gasteiger partial charge in [-0.25, -0.2) is 8.78 Å². The van der Waals surface area contributed by atoms with Crippen molar-refractivity contribution in [1.29, 1.82) is 5.26 Å². The standard InChI is InChI=1S/C27H37F2N/c28-18-4-2-1-3-5-21-6-8-22(9-7-21)10-11-23-12-14-24(15-13-23)25-16-17-26(20-30)27(29)19-25/h4,16-19,21-24H,1-3,5-15H2/b18-4+. The van der Waals surface area contributed by atoms with Gasteiger partial charge < -0.3 is 0 Å². The molecular weight excluding hydrogens is 376 g/mol. The predicted molar refractivity (Wildman–Crippen MR) is 119 cm³/mol. The van der Waals surface area contributed by atoms with Gasteiger partial charge in [0.25, 0.3) is 0 Å². The molecule has 2 saturated carbocycles. The molecule has 0 spiro atoms. The van der Waals surface area contributed by atoms with E-state index in [1.54, 1.807) is 18.2 Å². The number of rotatable bonds is 9. The Morgan fingerprint density at radius 2 is 1.47 bits per heavy atom. The summed E-state index contributed by atoms with van der Waals surface area (Å²) < 4.78 is 25.9. The molecule has 2 aliphatic carbocycles. The third-order valence-corrected chi connectivity index (χ3v) is 7.70. The van der Waals surface area contributed by atoms with E-state index >= 15 is 0 Å². The first kappa shape index (κ1) is 23.0. The number of hydrogen-bond donors (Lipinski definition) is 0. The van der Waals surface area contributed by atoms with Crippen molar-refractivity contribution in [2.24, 2.45) is 17.8 Å². The fraction of sp³-hybridized carbons (Fsp3) is 0.667. The highest BCUT2D eigenvalue weighted by Gasteiger charge is 2.25. The van der Waals surface area contributed by atoms with Crippen LogP contribution in [-0.4, -0.2) is 0 Å². The quantitative estimate of drug-likeness (QED) is 0.372. The maximum absolute atomic E-state index is 13.9. The van der Waals surface area contributed by atoms with E-state index in [0.29, 0.717) is 12.2 Å². The Balaban J connectivity index is 1.30. The molecular formula is C27H37F2N. The number of nitrogens with zero attached hydrogens (tertiary/aromatic N) is 1. The first-order valence-corrected chi connectivity index (χ1v) is 12.1. The Kier molecular flexibility index (Phi) is 9.37. The smallest absolute Gasteiger partial charge is 0.141 e. The molecule has 0 heterocycles. The minimum Gasteiger partial charge on any atom is -0.216 e. The molecule has 0 aromatic heterocycles. The van der Waals surface area contributed by atoms with Crippen LogP contribution in [0.25, 0.3) is 0 Å². The number of halogens is 2. The van der Waals surface area contributed by atoms with Crippen LogP contribution in [0, 0.1) is 34.9 Å². The maximum Gasteiger partial charge on any atom is 0.141 e. The van der Waals surface area contributed by atoms with E-state index in [4.69, 9.17) is 5.26 Å². The SMILES string of the molecule is N#Cc1ccc(C2CCC(CCC3CCC(CCCC/C=C/F)CC3)CC2)cc1F. The second kappa shape index (κ2) is 12.2. The molecule has 164 valence electrons. The molecule has 0 saturated heterocycles. The first-order valence-electron chi connectivity index (χ1n) is 12.1. The van der Waals surface area contributed by atoms with Crippen molar-refractivity contribution in [3.8, 4) is 6.07 Å². The highest BCUT2D eigenvalue weighted by Crippen LogP contribution is 2.40. The largest absolute Gasteiger partial charge is 0.216 e. The van der Waals surface area contributed by atoms with Crippen molar-refractivity contribution < 1.29 is 8.78 Å². The van der Waals surface area contributed by atoms with E-state index in [1.807, 2.05) is 12.1 Å². The van der Waals surface area contributed by atoms with Gasteiger partial charge in [0.05, 0.1) is 11.9 Å². The van der Waals surface area contributed by atoms with E-state index in [-0.39, 0.29) is 11.4 Å². The summed E-state index contributed by atoms with van der Waals surface area (Å²) in [4.78, 5) is 0. The molecule has 0 unspecified atom stereocenters. The van der Waals surface area contributed by atoms with Crippen LogP contribution in [-0.2, 0) is 0 Å². The van der Waals surface area contributed by atoms with Gasteiger partial charge in [-0.3, -0.25) is 0 Å². The molecule has 3 heteroatoms. The van der Waals surface area contributed by atoms with Crippen molar-refractivity contribution in [1.82, 2.24) is 0 Å². The summed E-state index contributed by atoms with van der Waals surface area (Å²) in [7, 11) is 0. The Hall–Kier alpha value is -1.69. The summed E-state index contributed by atoms with van der Waals surface area (Å²) in [5.74, 6) is 2.74. The van der Waals surface area contributed by atoms with E-state index in [2.05, 4.69) is 0 Å². The number of allylic oxidation sites excluding steroid dienone is 1. The molecule has 0 bridgehead atoms. The van der Waals surface area contributed by atoms with Crippen molar-refractivity contribution in [2.75, 3.05) is 0 Å². The monoisotopic (exact) mass is 413 g/mol. The summed E-state index contributed by atoms with van der Waals surface area (Å²) in [6, 6.07) is 7.07. The van der Waals surface area contributed by atoms with Gasteiger partial charge in [-0.2, -0.15) is 5.26 Å². The van der Waals surface area contributed by atoms with Gasteiger partial charge in [0, 0.05) is 0 Å². The van der Waals surface area contributed by atoms with E-state index in [0.717, 1.165) is 49.0 Å². The summed E-state index contributed by atoms with van der Waals surface area (Å²) in [6.07, 6.45) is 20.0. The van der Waals surface area contributed by atoms with Crippen LogP contribution in [0.3, 0.4) is 0 Å². The molecule has 0 radical (unpaired) electrons. The molecule has 1 aromatic carbocycles. The van der Waals surface area contributed by atoms with Crippen molar-refractivity contribution in [3.05, 3.63) is 47.5 Å². The van der Waals surface area contributed by atoms with Crippen LogP contribution in [0.15, 0.2) is 30.6 Å². The lowest BCUT2D eigenvalue weighted by Crippen LogP contribution is -2.18. The molecule has 0 N–H and O–H groups in total. The van der Waals surface area contributed by atoms with Crippen LogP contribution in [0.5, 0.6) is 0 Å². The van der Waals surface area contributed by atoms with Crippen LogP contribution >= 0.6 is 0 Å². The number of unbranched alkanes of at least 4 members (excludes halogenated alkanes) is 2. The van der Waals surface area contributed by atoms with E-state index in [9.17, 15) is 8.78 Å². The van der Waals surface area contributed by atoms with Crippen LogP contribution in [0.2, 0.25) is 0 Å². The van der Waals surface area contributed by atoms with Gasteiger partial charge in [0.15, 0.2) is 0 Å². The molecule has 2 fully saturated rings. The topological polar surface area (TPSA) is 23.8 Å². The van der Waals surface area contributed by atoms with Gasteiger partial charge >= 0.3 is 0 Å². The third kappa shape index (κ3) is 6.93. The molecule has 1 aromatic rings. The van der Waals surface area contributed by atoms with Crippen LogP contribution in [0.4, 0.5) is 8.78 Å². The molecule has 0 amide bonds. The fourth-order valence-corrected chi connectivity index (χ4v) is 5.70. The molecule has 0 aliphatic heterocycles. The average Bonchev–Trinajstić information content (AvgIpc) is 2.78. The van der Waals surface area contributed by atoms with Gasteiger partial charge in [-0.1, -0.05) is 63.5 Å². The molecule has 30 heavy (non-hydrogen) atoms. The number of nitriles is 1. The number of hydrogen-bond acceptors (Lipinski definition) is 1. The Bertz CT molecular complexity index is 704. The van der Waals surface area contributed by atoms with Gasteiger partial charge in [-0.15, -0.1) is 0 Å². The molecule has 3 rings (SSSR count). The summed E-state index contributed by atoms with van der Waals surface area (Å²) in [5.41, 5.74) is 1.22. The average molecular weight is 414 g/mol. The van der Waals surface area contributed by atoms with Crippen molar-refractivity contribution in [2.45, 2.75) is 95.8 Å². The lowest BCUT2D eigenvalue weighted by molar-refractivity contribution is 0.222. The fourth-order valence-electron chi connectivity index (χ4n) is 5.70. The first-order chi connectivity index (χ1) is 14.7. The number of benzene rings is 1. The maximum atomic E-state index is 13.9. The third-order valence-electron chi connectivity index (χ3n) is 7.70. The van der Waals surface area contributed by atoms with Crippen molar-refractivity contribution in [3.63, 3.8) is 0 Å². The second-order valence-electron chi connectivity index (χ2n) is 9.68. The minimum absolute atomic E-state index is 0.149.